The molecule has 0 aromatic carbocycles. The SMILES string of the molecule is COC(=O)c1cccnc1N1CC[C@@H](NC2CCCCC2)[C@H](O)C1. The number of hydrogen-bond donors (Lipinski definition) is 2. The Hall–Kier alpha value is -1.66. The van der Waals surface area contributed by atoms with E-state index < -0.39 is 12.1 Å². The van der Waals surface area contributed by atoms with Gasteiger partial charge in [-0.05, 0) is 31.4 Å². The van der Waals surface area contributed by atoms with E-state index in [-0.39, 0.29) is 6.04 Å². The van der Waals surface area contributed by atoms with Crippen molar-refractivity contribution in [1.29, 1.82) is 0 Å². The molecule has 0 unspecified atom stereocenters. The number of methoxy groups -OCH3 is 1. The number of piperidine rings is 1. The Labute approximate surface area is 143 Å². The van der Waals surface area contributed by atoms with Gasteiger partial charge < -0.3 is 20.1 Å². The van der Waals surface area contributed by atoms with E-state index in [0.717, 1.165) is 13.0 Å². The third-order valence-electron chi connectivity index (χ3n) is 5.13. The van der Waals surface area contributed by atoms with Gasteiger partial charge in [-0.1, -0.05) is 19.3 Å². The highest BCUT2D eigenvalue weighted by atomic mass is 16.5. The lowest BCUT2D eigenvalue weighted by molar-refractivity contribution is 0.0599. The summed E-state index contributed by atoms with van der Waals surface area (Å²) in [6, 6.07) is 4.09. The molecule has 2 atom stereocenters. The molecule has 2 heterocycles. The van der Waals surface area contributed by atoms with Crippen LogP contribution in [0.3, 0.4) is 0 Å². The third kappa shape index (κ3) is 3.87. The fourth-order valence-electron chi connectivity index (χ4n) is 3.81. The molecule has 1 saturated heterocycles. The number of carbonyl (C=O) groups excluding carboxylic acids is 1. The summed E-state index contributed by atoms with van der Waals surface area (Å²) in [6.45, 7) is 1.24. The van der Waals surface area contributed by atoms with Crippen LogP contribution in [0.5, 0.6) is 0 Å². The van der Waals surface area contributed by atoms with Crippen LogP contribution < -0.4 is 10.2 Å². The molecule has 0 radical (unpaired) electrons. The molecule has 2 fully saturated rings. The Morgan fingerprint density at radius 1 is 1.33 bits per heavy atom. The zero-order chi connectivity index (χ0) is 16.9. The van der Waals surface area contributed by atoms with Crippen LogP contribution in [0.1, 0.15) is 48.9 Å². The van der Waals surface area contributed by atoms with Crippen molar-refractivity contribution in [3.05, 3.63) is 23.9 Å². The lowest BCUT2D eigenvalue weighted by atomic mass is 9.92. The third-order valence-corrected chi connectivity index (χ3v) is 5.13. The largest absolute Gasteiger partial charge is 0.465 e. The number of nitrogens with one attached hydrogen (secondary N) is 1. The second kappa shape index (κ2) is 7.94. The quantitative estimate of drug-likeness (QED) is 0.818. The minimum atomic E-state index is -0.465. The number of carbonyl (C=O) groups is 1. The van der Waals surface area contributed by atoms with Gasteiger partial charge in [-0.3, -0.25) is 0 Å². The Bertz CT molecular complexity index is 560. The van der Waals surface area contributed by atoms with Crippen molar-refractivity contribution in [3.63, 3.8) is 0 Å². The Kier molecular flexibility index (Phi) is 5.68. The number of β-amino-alcohol motifs (C(OH)–C–C–N with tert-alkyl or cyclic N) is 1. The van der Waals surface area contributed by atoms with Crippen LogP contribution in [-0.2, 0) is 4.74 Å². The van der Waals surface area contributed by atoms with Crippen LogP contribution in [0.25, 0.3) is 0 Å². The number of esters is 1. The number of aliphatic hydroxyl groups is 1. The minimum Gasteiger partial charge on any atom is -0.465 e. The number of nitrogens with zero attached hydrogens (tertiary/aromatic N) is 2. The van der Waals surface area contributed by atoms with Gasteiger partial charge in [0.05, 0.1) is 13.2 Å². The first-order chi connectivity index (χ1) is 11.7. The number of pyridine rings is 1. The second-order valence-corrected chi connectivity index (χ2v) is 6.78. The highest BCUT2D eigenvalue weighted by molar-refractivity contribution is 5.94. The van der Waals surface area contributed by atoms with Crippen molar-refractivity contribution < 1.29 is 14.6 Å². The Morgan fingerprint density at radius 2 is 2.12 bits per heavy atom. The molecule has 1 aliphatic heterocycles. The fraction of sp³-hybridized carbons (Fsp3) is 0.667. The average molecular weight is 333 g/mol. The first-order valence-electron chi connectivity index (χ1n) is 8.91. The van der Waals surface area contributed by atoms with Crippen LogP contribution in [-0.4, -0.2) is 54.4 Å². The molecule has 1 saturated carbocycles. The Balaban J connectivity index is 1.64. The predicted molar refractivity (Wildman–Crippen MR) is 92.2 cm³/mol. The summed E-state index contributed by atoms with van der Waals surface area (Å²) in [6.07, 6.45) is 8.35. The summed E-state index contributed by atoms with van der Waals surface area (Å²) >= 11 is 0. The van der Waals surface area contributed by atoms with Gasteiger partial charge in [-0.15, -0.1) is 0 Å². The molecule has 0 bridgehead atoms. The van der Waals surface area contributed by atoms with E-state index in [4.69, 9.17) is 4.74 Å². The standard InChI is InChI=1S/C18H27N3O3/c1-24-18(23)14-8-5-10-19-17(14)21-11-9-15(16(22)12-21)20-13-6-3-2-4-7-13/h5,8,10,13,15-16,20,22H,2-4,6-7,9,11-12H2,1H3/t15-,16-/m1/s1. The molecule has 3 rings (SSSR count). The molecule has 0 amide bonds. The second-order valence-electron chi connectivity index (χ2n) is 6.78. The molecule has 6 nitrogen and oxygen atoms in total. The highest BCUT2D eigenvalue weighted by Gasteiger charge is 2.31. The predicted octanol–water partition coefficient (Wildman–Crippen LogP) is 1.73. The summed E-state index contributed by atoms with van der Waals surface area (Å²) in [7, 11) is 1.37. The van der Waals surface area contributed by atoms with Crippen LogP contribution in [0.2, 0.25) is 0 Å². The van der Waals surface area contributed by atoms with E-state index in [0.29, 0.717) is 24.0 Å². The highest BCUT2D eigenvalue weighted by Crippen LogP contribution is 2.24. The van der Waals surface area contributed by atoms with E-state index in [1.54, 1.807) is 18.3 Å². The first-order valence-corrected chi connectivity index (χ1v) is 8.91. The number of anilines is 1. The molecule has 1 aromatic heterocycles. The lowest BCUT2D eigenvalue weighted by Gasteiger charge is -2.39. The van der Waals surface area contributed by atoms with E-state index in [2.05, 4.69) is 10.3 Å². The first kappa shape index (κ1) is 17.2. The summed E-state index contributed by atoms with van der Waals surface area (Å²) < 4.78 is 4.84. The molecular formula is C18H27N3O3. The summed E-state index contributed by atoms with van der Waals surface area (Å²) in [5, 5.41) is 14.2. The van der Waals surface area contributed by atoms with Gasteiger partial charge in [0, 0.05) is 31.4 Å². The van der Waals surface area contributed by atoms with Crippen molar-refractivity contribution in [1.82, 2.24) is 10.3 Å². The topological polar surface area (TPSA) is 74.7 Å². The summed E-state index contributed by atoms with van der Waals surface area (Å²) in [5.41, 5.74) is 0.450. The molecule has 6 heteroatoms. The maximum absolute atomic E-state index is 11.9. The molecule has 2 N–H and O–H groups in total. The van der Waals surface area contributed by atoms with Gasteiger partial charge in [0.1, 0.15) is 11.4 Å². The minimum absolute atomic E-state index is 0.120. The maximum atomic E-state index is 11.9. The van der Waals surface area contributed by atoms with Gasteiger partial charge in [0.25, 0.3) is 0 Å². The molecule has 2 aliphatic rings. The van der Waals surface area contributed by atoms with Gasteiger partial charge in [0.2, 0.25) is 0 Å². The average Bonchev–Trinajstić information content (AvgIpc) is 2.63. The van der Waals surface area contributed by atoms with Gasteiger partial charge >= 0.3 is 5.97 Å². The molecule has 24 heavy (non-hydrogen) atoms. The zero-order valence-corrected chi connectivity index (χ0v) is 14.3. The smallest absolute Gasteiger partial charge is 0.341 e. The van der Waals surface area contributed by atoms with E-state index in [1.165, 1.54) is 39.2 Å². The number of rotatable bonds is 4. The normalized spacial score (nSPS) is 25.5. The number of aromatic nitrogens is 1. The van der Waals surface area contributed by atoms with Gasteiger partial charge in [-0.25, -0.2) is 9.78 Å². The lowest BCUT2D eigenvalue weighted by Crippen LogP contribution is -2.55. The summed E-state index contributed by atoms with van der Waals surface area (Å²) in [5.74, 6) is 0.203. The molecule has 1 aliphatic carbocycles. The van der Waals surface area contributed by atoms with Crippen LogP contribution >= 0.6 is 0 Å². The van der Waals surface area contributed by atoms with Gasteiger partial charge in [0.15, 0.2) is 0 Å². The van der Waals surface area contributed by atoms with Crippen molar-refractivity contribution in [3.8, 4) is 0 Å². The monoisotopic (exact) mass is 333 g/mol. The summed E-state index contributed by atoms with van der Waals surface area (Å²) in [4.78, 5) is 18.2. The van der Waals surface area contributed by atoms with E-state index in [9.17, 15) is 9.90 Å². The van der Waals surface area contributed by atoms with Gasteiger partial charge in [-0.2, -0.15) is 0 Å². The van der Waals surface area contributed by atoms with Crippen molar-refractivity contribution in [2.45, 2.75) is 56.7 Å². The van der Waals surface area contributed by atoms with Crippen molar-refractivity contribution >= 4 is 11.8 Å². The fourth-order valence-corrected chi connectivity index (χ4v) is 3.81. The molecule has 132 valence electrons. The molecule has 0 spiro atoms. The van der Waals surface area contributed by atoms with Crippen LogP contribution in [0.15, 0.2) is 18.3 Å². The molecular weight excluding hydrogens is 306 g/mol. The Morgan fingerprint density at radius 3 is 2.83 bits per heavy atom. The maximum Gasteiger partial charge on any atom is 0.341 e. The number of aliphatic hydroxyl groups excluding tert-OH is 1. The van der Waals surface area contributed by atoms with Crippen molar-refractivity contribution in [2.75, 3.05) is 25.1 Å². The molecule has 1 aromatic rings. The van der Waals surface area contributed by atoms with Crippen LogP contribution in [0, 0.1) is 0 Å². The zero-order valence-electron chi connectivity index (χ0n) is 14.3. The van der Waals surface area contributed by atoms with Crippen LogP contribution in [0.4, 0.5) is 5.82 Å². The van der Waals surface area contributed by atoms with E-state index >= 15 is 0 Å². The number of ether oxygens (including phenoxy) is 1. The number of hydrogen-bond acceptors (Lipinski definition) is 6. The van der Waals surface area contributed by atoms with E-state index in [1.807, 2.05) is 4.90 Å². The van der Waals surface area contributed by atoms with Crippen molar-refractivity contribution in [2.24, 2.45) is 0 Å².